The lowest BCUT2D eigenvalue weighted by molar-refractivity contribution is 0.484. The Morgan fingerprint density at radius 3 is 2.15 bits per heavy atom. The van der Waals surface area contributed by atoms with Crippen LogP contribution in [0.1, 0.15) is 41.0 Å². The van der Waals surface area contributed by atoms with Crippen LogP contribution >= 0.6 is 0 Å². The molecule has 0 fully saturated rings. The van der Waals surface area contributed by atoms with E-state index in [-0.39, 0.29) is 5.54 Å². The number of nitrogens with one attached hydrogen (secondary N) is 2. The van der Waals surface area contributed by atoms with Gasteiger partial charge in [-0.25, -0.2) is 0 Å². The summed E-state index contributed by atoms with van der Waals surface area (Å²) < 4.78 is 0. The van der Waals surface area contributed by atoms with Gasteiger partial charge in [-0.2, -0.15) is 0 Å². The van der Waals surface area contributed by atoms with Crippen molar-refractivity contribution in [1.29, 1.82) is 0 Å². The van der Waals surface area contributed by atoms with E-state index in [0.29, 0.717) is 0 Å². The van der Waals surface area contributed by atoms with Crippen LogP contribution in [0.25, 0.3) is 0 Å². The molecule has 78 valence electrons. The first kappa shape index (κ1) is 12.5. The Kier molecular flexibility index (Phi) is 5.80. The minimum absolute atomic E-state index is 0.0995. The van der Waals surface area contributed by atoms with Gasteiger partial charge >= 0.3 is 0 Å². The summed E-state index contributed by atoms with van der Waals surface area (Å²) >= 11 is 0. The first-order chi connectivity index (χ1) is 6.05. The van der Waals surface area contributed by atoms with Crippen molar-refractivity contribution in [3.63, 3.8) is 0 Å². The van der Waals surface area contributed by atoms with E-state index in [1.807, 2.05) is 0 Å². The second-order valence-corrected chi connectivity index (χ2v) is 3.81. The van der Waals surface area contributed by atoms with Gasteiger partial charge in [0.05, 0.1) is 0 Å². The normalized spacial score (nSPS) is 13.2. The molecule has 0 aliphatic rings. The summed E-state index contributed by atoms with van der Waals surface area (Å²) in [5.41, 5.74) is 1.43. The van der Waals surface area contributed by atoms with Crippen LogP contribution in [0.5, 0.6) is 0 Å². The van der Waals surface area contributed by atoms with E-state index < -0.39 is 0 Å². The summed E-state index contributed by atoms with van der Waals surface area (Å²) in [6, 6.07) is 0. The molecule has 0 bridgehead atoms. The molecule has 0 aliphatic carbocycles. The Bertz CT molecular complexity index is 159. The van der Waals surface area contributed by atoms with Crippen molar-refractivity contribution in [2.45, 2.75) is 46.6 Å². The standard InChI is InChI=1S/C11H24N2/c1-6-10(12-7-2)9-11(4,5)13-8-3/h9,12-13H,6-8H2,1-5H3. The molecule has 2 nitrogen and oxygen atoms in total. The average molecular weight is 184 g/mol. The summed E-state index contributed by atoms with van der Waals surface area (Å²) in [5, 5.41) is 6.80. The van der Waals surface area contributed by atoms with Crippen LogP contribution in [0.15, 0.2) is 11.8 Å². The average Bonchev–Trinajstić information content (AvgIpc) is 2.03. The molecule has 0 radical (unpaired) electrons. The Labute approximate surface area is 82.8 Å². The number of hydrogen-bond donors (Lipinski definition) is 2. The van der Waals surface area contributed by atoms with Gasteiger partial charge in [0.2, 0.25) is 0 Å². The van der Waals surface area contributed by atoms with Gasteiger partial charge in [-0.1, -0.05) is 13.8 Å². The zero-order valence-corrected chi connectivity index (χ0v) is 9.70. The molecule has 0 unspecified atom stereocenters. The van der Waals surface area contributed by atoms with Gasteiger partial charge in [-0.3, -0.25) is 0 Å². The Morgan fingerprint density at radius 1 is 1.15 bits per heavy atom. The van der Waals surface area contributed by atoms with Gasteiger partial charge in [-0.05, 0) is 39.8 Å². The lowest BCUT2D eigenvalue weighted by atomic mass is 10.0. The van der Waals surface area contributed by atoms with Gasteiger partial charge in [0, 0.05) is 17.8 Å². The maximum absolute atomic E-state index is 3.43. The Hall–Kier alpha value is -0.500. The zero-order chi connectivity index (χ0) is 10.3. The second-order valence-electron chi connectivity index (χ2n) is 3.81. The maximum atomic E-state index is 3.43. The Balaban J connectivity index is 4.28. The minimum atomic E-state index is 0.0995. The van der Waals surface area contributed by atoms with Crippen molar-refractivity contribution in [2.24, 2.45) is 0 Å². The third-order valence-corrected chi connectivity index (χ3v) is 1.95. The molecule has 0 spiro atoms. The summed E-state index contributed by atoms with van der Waals surface area (Å²) in [4.78, 5) is 0. The maximum Gasteiger partial charge on any atom is 0.0326 e. The predicted octanol–water partition coefficient (Wildman–Crippen LogP) is 2.28. The van der Waals surface area contributed by atoms with Crippen molar-refractivity contribution in [1.82, 2.24) is 10.6 Å². The van der Waals surface area contributed by atoms with Crippen molar-refractivity contribution in [3.05, 3.63) is 11.8 Å². The van der Waals surface area contributed by atoms with Crippen LogP contribution in [-0.4, -0.2) is 18.6 Å². The van der Waals surface area contributed by atoms with Gasteiger partial charge in [0.25, 0.3) is 0 Å². The van der Waals surface area contributed by atoms with Gasteiger partial charge in [0.1, 0.15) is 0 Å². The first-order valence-corrected chi connectivity index (χ1v) is 5.26. The molecule has 0 saturated heterocycles. The van der Waals surface area contributed by atoms with Crippen molar-refractivity contribution in [2.75, 3.05) is 13.1 Å². The van der Waals surface area contributed by atoms with Gasteiger partial charge in [-0.15, -0.1) is 0 Å². The molecule has 13 heavy (non-hydrogen) atoms. The number of hydrogen-bond acceptors (Lipinski definition) is 2. The third-order valence-electron chi connectivity index (χ3n) is 1.95. The fourth-order valence-corrected chi connectivity index (χ4v) is 1.45. The van der Waals surface area contributed by atoms with Crippen LogP contribution < -0.4 is 10.6 Å². The molecule has 0 atom stereocenters. The molecule has 0 heterocycles. The SMILES string of the molecule is CCNC(=CC(C)(C)NCC)CC. The van der Waals surface area contributed by atoms with E-state index in [1.165, 1.54) is 5.70 Å². The van der Waals surface area contributed by atoms with Crippen molar-refractivity contribution < 1.29 is 0 Å². The Morgan fingerprint density at radius 2 is 1.77 bits per heavy atom. The van der Waals surface area contributed by atoms with Crippen LogP contribution in [-0.2, 0) is 0 Å². The number of likely N-dealkylation sites (N-methyl/N-ethyl adjacent to an activating group) is 1. The van der Waals surface area contributed by atoms with E-state index in [0.717, 1.165) is 19.5 Å². The monoisotopic (exact) mass is 184 g/mol. The fraction of sp³-hybridized carbons (Fsp3) is 0.818. The highest BCUT2D eigenvalue weighted by Crippen LogP contribution is 2.08. The van der Waals surface area contributed by atoms with Gasteiger partial charge < -0.3 is 10.6 Å². The van der Waals surface area contributed by atoms with Gasteiger partial charge in [0.15, 0.2) is 0 Å². The molecule has 0 saturated carbocycles. The number of rotatable bonds is 6. The van der Waals surface area contributed by atoms with E-state index >= 15 is 0 Å². The van der Waals surface area contributed by atoms with E-state index in [9.17, 15) is 0 Å². The van der Waals surface area contributed by atoms with Crippen LogP contribution in [0, 0.1) is 0 Å². The summed E-state index contributed by atoms with van der Waals surface area (Å²) in [7, 11) is 0. The molecular formula is C11H24N2. The van der Waals surface area contributed by atoms with Crippen molar-refractivity contribution in [3.8, 4) is 0 Å². The molecule has 0 aromatic rings. The fourth-order valence-electron chi connectivity index (χ4n) is 1.45. The second kappa shape index (κ2) is 6.03. The van der Waals surface area contributed by atoms with E-state index in [1.54, 1.807) is 0 Å². The first-order valence-electron chi connectivity index (χ1n) is 5.26. The highest BCUT2D eigenvalue weighted by molar-refractivity contribution is 5.09. The predicted molar refractivity (Wildman–Crippen MR) is 59.8 cm³/mol. The highest BCUT2D eigenvalue weighted by atomic mass is 14.9. The molecule has 2 heteroatoms. The largest absolute Gasteiger partial charge is 0.389 e. The number of allylic oxidation sites excluding steroid dienone is 1. The molecule has 0 rings (SSSR count). The quantitative estimate of drug-likeness (QED) is 0.662. The lowest BCUT2D eigenvalue weighted by Crippen LogP contribution is -2.38. The lowest BCUT2D eigenvalue weighted by Gasteiger charge is -2.23. The highest BCUT2D eigenvalue weighted by Gasteiger charge is 2.12. The van der Waals surface area contributed by atoms with Crippen molar-refractivity contribution >= 4 is 0 Å². The van der Waals surface area contributed by atoms with Crippen LogP contribution in [0.2, 0.25) is 0 Å². The van der Waals surface area contributed by atoms with E-state index in [2.05, 4.69) is 51.3 Å². The van der Waals surface area contributed by atoms with E-state index in [4.69, 9.17) is 0 Å². The van der Waals surface area contributed by atoms with Crippen LogP contribution in [0.4, 0.5) is 0 Å². The molecule has 0 aromatic carbocycles. The zero-order valence-electron chi connectivity index (χ0n) is 9.70. The molecule has 0 amide bonds. The molecule has 0 aromatic heterocycles. The molecule has 2 N–H and O–H groups in total. The summed E-state index contributed by atoms with van der Waals surface area (Å²) in [5.74, 6) is 0. The minimum Gasteiger partial charge on any atom is -0.389 e. The molecule has 0 aliphatic heterocycles. The summed E-state index contributed by atoms with van der Waals surface area (Å²) in [6.07, 6.45) is 3.35. The summed E-state index contributed by atoms with van der Waals surface area (Å²) in [6.45, 7) is 12.8. The third kappa shape index (κ3) is 5.69. The van der Waals surface area contributed by atoms with Crippen LogP contribution in [0.3, 0.4) is 0 Å². The molecular weight excluding hydrogens is 160 g/mol. The smallest absolute Gasteiger partial charge is 0.0326 e. The topological polar surface area (TPSA) is 24.1 Å².